The zero-order chi connectivity index (χ0) is 13.2. The van der Waals surface area contributed by atoms with E-state index in [1.807, 2.05) is 0 Å². The topological polar surface area (TPSA) is 43.8 Å². The van der Waals surface area contributed by atoms with Crippen molar-refractivity contribution in [2.24, 2.45) is 12.8 Å². The summed E-state index contributed by atoms with van der Waals surface area (Å²) in [6.07, 6.45) is 4.14. The summed E-state index contributed by atoms with van der Waals surface area (Å²) in [5.41, 5.74) is 9.08. The molecule has 4 heteroatoms. The van der Waals surface area contributed by atoms with Crippen LogP contribution in [0.1, 0.15) is 11.4 Å². The molecule has 98 valence electrons. The molecule has 0 aliphatic carbocycles. The number of hydrogen-bond donors (Lipinski definition) is 1. The van der Waals surface area contributed by atoms with Crippen molar-refractivity contribution in [3.05, 3.63) is 40.8 Å². The molecule has 1 aromatic carbocycles. The zero-order valence-electron chi connectivity index (χ0n) is 11.0. The van der Waals surface area contributed by atoms with Gasteiger partial charge in [-0.05, 0) is 19.0 Å². The zero-order valence-corrected chi connectivity index (χ0v) is 11.8. The second-order valence-electron chi connectivity index (χ2n) is 4.69. The minimum Gasteiger partial charge on any atom is -0.350 e. The van der Waals surface area contributed by atoms with Crippen LogP contribution in [0.2, 0.25) is 0 Å². The molecule has 0 aliphatic rings. The first-order chi connectivity index (χ1) is 9.29. The lowest BCUT2D eigenvalue weighted by Crippen LogP contribution is -1.99. The number of para-hydroxylation sites is 1. The fourth-order valence-corrected chi connectivity index (χ4v) is 3.19. The van der Waals surface area contributed by atoms with Crippen LogP contribution in [-0.2, 0) is 13.5 Å². The molecule has 2 heterocycles. The highest BCUT2D eigenvalue weighted by Crippen LogP contribution is 2.30. The Morgan fingerprint density at radius 1 is 1.32 bits per heavy atom. The third-order valence-electron chi connectivity index (χ3n) is 3.32. The van der Waals surface area contributed by atoms with E-state index in [1.54, 1.807) is 11.3 Å². The summed E-state index contributed by atoms with van der Waals surface area (Å²) < 4.78 is 2.16. The summed E-state index contributed by atoms with van der Waals surface area (Å²) in [6.45, 7) is 0.725. The molecule has 0 atom stereocenters. The monoisotopic (exact) mass is 271 g/mol. The molecule has 0 aliphatic heterocycles. The molecule has 0 saturated heterocycles. The van der Waals surface area contributed by atoms with Gasteiger partial charge in [0.2, 0.25) is 0 Å². The van der Waals surface area contributed by atoms with Crippen LogP contribution in [0.3, 0.4) is 0 Å². The standard InChI is InChI=1S/C15H17N3S/c1-18-9-12(11-5-2-3-6-14(11)18)13-10-19-15(17-13)7-4-8-16/h2-3,5-6,9-10H,4,7-8,16H2,1H3. The molecule has 0 saturated carbocycles. The molecule has 2 N–H and O–H groups in total. The van der Waals surface area contributed by atoms with Crippen LogP contribution in [0, 0.1) is 0 Å². The number of aromatic nitrogens is 2. The normalized spacial score (nSPS) is 11.3. The SMILES string of the molecule is Cn1cc(-c2csc(CCCN)n2)c2ccccc21. The van der Waals surface area contributed by atoms with Gasteiger partial charge in [0.05, 0.1) is 10.7 Å². The number of nitrogens with zero attached hydrogens (tertiary/aromatic N) is 2. The molecule has 2 aromatic heterocycles. The van der Waals surface area contributed by atoms with E-state index in [1.165, 1.54) is 21.5 Å². The Bertz CT molecular complexity index is 696. The molecule has 0 radical (unpaired) electrons. The van der Waals surface area contributed by atoms with Crippen LogP contribution >= 0.6 is 11.3 Å². The lowest BCUT2D eigenvalue weighted by molar-refractivity contribution is 0.826. The van der Waals surface area contributed by atoms with Gasteiger partial charge in [-0.1, -0.05) is 18.2 Å². The van der Waals surface area contributed by atoms with E-state index in [4.69, 9.17) is 10.7 Å². The molecular formula is C15H17N3S. The predicted molar refractivity (Wildman–Crippen MR) is 81.4 cm³/mol. The van der Waals surface area contributed by atoms with Crippen LogP contribution < -0.4 is 5.73 Å². The van der Waals surface area contributed by atoms with Gasteiger partial charge in [-0.3, -0.25) is 0 Å². The van der Waals surface area contributed by atoms with Gasteiger partial charge >= 0.3 is 0 Å². The number of thiazole rings is 1. The predicted octanol–water partition coefficient (Wildman–Crippen LogP) is 3.19. The Morgan fingerprint density at radius 3 is 3.00 bits per heavy atom. The third kappa shape index (κ3) is 2.29. The summed E-state index contributed by atoms with van der Waals surface area (Å²) in [4.78, 5) is 4.73. The highest BCUT2D eigenvalue weighted by molar-refractivity contribution is 7.09. The van der Waals surface area contributed by atoms with E-state index in [2.05, 4.69) is 47.5 Å². The average molecular weight is 271 g/mol. The highest BCUT2D eigenvalue weighted by Gasteiger charge is 2.11. The first kappa shape index (κ1) is 12.4. The van der Waals surface area contributed by atoms with E-state index in [-0.39, 0.29) is 0 Å². The van der Waals surface area contributed by atoms with E-state index in [0.29, 0.717) is 0 Å². The number of aryl methyl sites for hydroxylation is 2. The van der Waals surface area contributed by atoms with Crippen molar-refractivity contribution in [2.75, 3.05) is 6.54 Å². The van der Waals surface area contributed by atoms with Gasteiger partial charge in [0.15, 0.2) is 0 Å². The Balaban J connectivity index is 2.02. The first-order valence-corrected chi connectivity index (χ1v) is 7.36. The van der Waals surface area contributed by atoms with Gasteiger partial charge in [0.25, 0.3) is 0 Å². The summed E-state index contributed by atoms with van der Waals surface area (Å²) in [5, 5.41) is 4.59. The average Bonchev–Trinajstić information content (AvgIpc) is 3.02. The minimum absolute atomic E-state index is 0.725. The van der Waals surface area contributed by atoms with E-state index < -0.39 is 0 Å². The molecule has 3 nitrogen and oxygen atoms in total. The minimum atomic E-state index is 0.725. The van der Waals surface area contributed by atoms with Crippen LogP contribution in [0.25, 0.3) is 22.2 Å². The quantitative estimate of drug-likeness (QED) is 0.792. The number of fused-ring (bicyclic) bond motifs is 1. The van der Waals surface area contributed by atoms with Crippen LogP contribution in [0.5, 0.6) is 0 Å². The van der Waals surface area contributed by atoms with Gasteiger partial charge < -0.3 is 10.3 Å². The smallest absolute Gasteiger partial charge is 0.0933 e. The fraction of sp³-hybridized carbons (Fsp3) is 0.267. The van der Waals surface area contributed by atoms with E-state index in [9.17, 15) is 0 Å². The van der Waals surface area contributed by atoms with Gasteiger partial charge in [0, 0.05) is 41.5 Å². The molecule has 0 fully saturated rings. The number of rotatable bonds is 4. The second-order valence-corrected chi connectivity index (χ2v) is 5.63. The second kappa shape index (κ2) is 5.15. The van der Waals surface area contributed by atoms with Crippen molar-refractivity contribution in [3.63, 3.8) is 0 Å². The molecule has 19 heavy (non-hydrogen) atoms. The van der Waals surface area contributed by atoms with Crippen molar-refractivity contribution in [1.29, 1.82) is 0 Å². The third-order valence-corrected chi connectivity index (χ3v) is 4.23. The van der Waals surface area contributed by atoms with Crippen LogP contribution in [0.4, 0.5) is 0 Å². The Kier molecular flexibility index (Phi) is 3.36. The van der Waals surface area contributed by atoms with Crippen LogP contribution in [-0.4, -0.2) is 16.1 Å². The Labute approximate surface area is 116 Å². The number of nitrogens with two attached hydrogens (primary N) is 1. The van der Waals surface area contributed by atoms with Crippen molar-refractivity contribution in [2.45, 2.75) is 12.8 Å². The van der Waals surface area contributed by atoms with E-state index >= 15 is 0 Å². The summed E-state index contributed by atoms with van der Waals surface area (Å²) in [7, 11) is 2.08. The first-order valence-electron chi connectivity index (χ1n) is 6.48. The lowest BCUT2D eigenvalue weighted by atomic mass is 10.1. The van der Waals surface area contributed by atoms with Gasteiger partial charge in [-0.15, -0.1) is 11.3 Å². The van der Waals surface area contributed by atoms with Crippen LogP contribution in [0.15, 0.2) is 35.8 Å². The van der Waals surface area contributed by atoms with Crippen molar-refractivity contribution in [1.82, 2.24) is 9.55 Å². The highest BCUT2D eigenvalue weighted by atomic mass is 32.1. The van der Waals surface area contributed by atoms with Crippen molar-refractivity contribution >= 4 is 22.2 Å². The maximum absolute atomic E-state index is 5.55. The number of benzene rings is 1. The lowest BCUT2D eigenvalue weighted by Gasteiger charge is -1.94. The summed E-state index contributed by atoms with van der Waals surface area (Å²) in [5.74, 6) is 0. The van der Waals surface area contributed by atoms with E-state index in [0.717, 1.165) is 25.1 Å². The van der Waals surface area contributed by atoms with Gasteiger partial charge in [-0.2, -0.15) is 0 Å². The Morgan fingerprint density at radius 2 is 2.16 bits per heavy atom. The maximum Gasteiger partial charge on any atom is 0.0933 e. The summed E-state index contributed by atoms with van der Waals surface area (Å²) >= 11 is 1.73. The largest absolute Gasteiger partial charge is 0.350 e. The number of hydrogen-bond acceptors (Lipinski definition) is 3. The maximum atomic E-state index is 5.55. The summed E-state index contributed by atoms with van der Waals surface area (Å²) in [6, 6.07) is 8.44. The molecule has 0 unspecified atom stereocenters. The molecule has 0 bridgehead atoms. The molecule has 3 rings (SSSR count). The molecular weight excluding hydrogens is 254 g/mol. The van der Waals surface area contributed by atoms with Gasteiger partial charge in [0.1, 0.15) is 0 Å². The van der Waals surface area contributed by atoms with Gasteiger partial charge in [-0.25, -0.2) is 4.98 Å². The molecule has 0 amide bonds. The van der Waals surface area contributed by atoms with Crippen molar-refractivity contribution in [3.8, 4) is 11.3 Å². The molecule has 0 spiro atoms. The van der Waals surface area contributed by atoms with Crippen molar-refractivity contribution < 1.29 is 0 Å². The fourth-order valence-electron chi connectivity index (χ4n) is 2.35. The Hall–Kier alpha value is -1.65. The molecule has 3 aromatic rings.